The van der Waals surface area contributed by atoms with Crippen LogP contribution >= 0.6 is 0 Å². The molecule has 4 nitrogen and oxygen atoms in total. The van der Waals surface area contributed by atoms with Crippen molar-refractivity contribution in [1.29, 1.82) is 0 Å². The number of benzene rings is 1. The van der Waals surface area contributed by atoms with Crippen molar-refractivity contribution >= 4 is 6.03 Å². The standard InChI is InChI=1S/C15H23N3O/c1-3-17-9-11-18(12-10-17)15(19)16(2)13-14-7-5-4-6-8-14/h4-8H,3,9-13H2,1-2H3. The lowest BCUT2D eigenvalue weighted by molar-refractivity contribution is 0.119. The van der Waals surface area contributed by atoms with Gasteiger partial charge in [-0.05, 0) is 12.1 Å². The first-order valence-corrected chi connectivity index (χ1v) is 6.97. The summed E-state index contributed by atoms with van der Waals surface area (Å²) < 4.78 is 0. The van der Waals surface area contributed by atoms with Crippen molar-refractivity contribution in [3.63, 3.8) is 0 Å². The molecule has 0 aliphatic carbocycles. The molecule has 0 spiro atoms. The van der Waals surface area contributed by atoms with Crippen LogP contribution in [0.2, 0.25) is 0 Å². The Morgan fingerprint density at radius 1 is 1.16 bits per heavy atom. The molecule has 0 N–H and O–H groups in total. The number of piperazine rings is 1. The van der Waals surface area contributed by atoms with E-state index in [1.54, 1.807) is 4.90 Å². The normalized spacial score (nSPS) is 16.4. The molecule has 1 aliphatic rings. The fraction of sp³-hybridized carbons (Fsp3) is 0.533. The minimum atomic E-state index is 0.139. The molecule has 2 amide bonds. The Kier molecular flexibility index (Phi) is 4.80. The lowest BCUT2D eigenvalue weighted by Gasteiger charge is -2.36. The Morgan fingerprint density at radius 2 is 1.79 bits per heavy atom. The number of carbonyl (C=O) groups excluding carboxylic acids is 1. The molecule has 2 rings (SSSR count). The molecule has 1 aliphatic heterocycles. The molecule has 1 heterocycles. The minimum Gasteiger partial charge on any atom is -0.323 e. The van der Waals surface area contributed by atoms with Crippen molar-refractivity contribution in [3.05, 3.63) is 35.9 Å². The predicted octanol–water partition coefficient (Wildman–Crippen LogP) is 1.88. The lowest BCUT2D eigenvalue weighted by atomic mass is 10.2. The number of urea groups is 1. The number of hydrogen-bond acceptors (Lipinski definition) is 2. The molecule has 4 heteroatoms. The van der Waals surface area contributed by atoms with Gasteiger partial charge in [0.05, 0.1) is 0 Å². The maximum atomic E-state index is 12.3. The highest BCUT2D eigenvalue weighted by Gasteiger charge is 2.22. The number of hydrogen-bond donors (Lipinski definition) is 0. The number of likely N-dealkylation sites (N-methyl/N-ethyl adjacent to an activating group) is 1. The van der Waals surface area contributed by atoms with Crippen LogP contribution in [0.1, 0.15) is 12.5 Å². The van der Waals surface area contributed by atoms with Gasteiger partial charge in [-0.3, -0.25) is 0 Å². The molecule has 0 unspecified atom stereocenters. The van der Waals surface area contributed by atoms with E-state index in [2.05, 4.69) is 24.0 Å². The maximum Gasteiger partial charge on any atom is 0.320 e. The monoisotopic (exact) mass is 261 g/mol. The van der Waals surface area contributed by atoms with Gasteiger partial charge in [0.25, 0.3) is 0 Å². The predicted molar refractivity (Wildman–Crippen MR) is 77.0 cm³/mol. The van der Waals surface area contributed by atoms with Crippen LogP contribution in [0.25, 0.3) is 0 Å². The van der Waals surface area contributed by atoms with Crippen LogP contribution in [0.5, 0.6) is 0 Å². The molecule has 1 fully saturated rings. The van der Waals surface area contributed by atoms with E-state index in [4.69, 9.17) is 0 Å². The first-order chi connectivity index (χ1) is 9.20. The summed E-state index contributed by atoms with van der Waals surface area (Å²) in [5.41, 5.74) is 1.17. The fourth-order valence-electron chi connectivity index (χ4n) is 2.42. The zero-order valence-electron chi connectivity index (χ0n) is 11.9. The summed E-state index contributed by atoms with van der Waals surface area (Å²) in [6.45, 7) is 7.56. The van der Waals surface area contributed by atoms with Crippen LogP contribution in [0.3, 0.4) is 0 Å². The third kappa shape index (κ3) is 3.70. The summed E-state index contributed by atoms with van der Waals surface area (Å²) in [7, 11) is 1.88. The van der Waals surface area contributed by atoms with Gasteiger partial charge in [0.15, 0.2) is 0 Å². The van der Waals surface area contributed by atoms with Gasteiger partial charge >= 0.3 is 6.03 Å². The van der Waals surface area contributed by atoms with E-state index in [0.717, 1.165) is 32.7 Å². The molecular formula is C15H23N3O. The number of carbonyl (C=O) groups is 1. The second-order valence-electron chi connectivity index (χ2n) is 5.05. The summed E-state index contributed by atoms with van der Waals surface area (Å²) >= 11 is 0. The Morgan fingerprint density at radius 3 is 2.37 bits per heavy atom. The highest BCUT2D eigenvalue weighted by Crippen LogP contribution is 2.08. The van der Waals surface area contributed by atoms with Gasteiger partial charge in [0.2, 0.25) is 0 Å². The topological polar surface area (TPSA) is 26.8 Å². The van der Waals surface area contributed by atoms with Crippen molar-refractivity contribution in [3.8, 4) is 0 Å². The highest BCUT2D eigenvalue weighted by atomic mass is 16.2. The summed E-state index contributed by atoms with van der Waals surface area (Å²) in [5, 5.41) is 0. The van der Waals surface area contributed by atoms with E-state index in [0.29, 0.717) is 6.54 Å². The van der Waals surface area contributed by atoms with Crippen LogP contribution in [0.4, 0.5) is 4.79 Å². The average Bonchev–Trinajstić information content (AvgIpc) is 2.47. The second-order valence-corrected chi connectivity index (χ2v) is 5.05. The average molecular weight is 261 g/mol. The van der Waals surface area contributed by atoms with Gasteiger partial charge < -0.3 is 14.7 Å². The van der Waals surface area contributed by atoms with Crippen LogP contribution in [-0.4, -0.2) is 60.5 Å². The van der Waals surface area contributed by atoms with Gasteiger partial charge in [-0.25, -0.2) is 4.79 Å². The Bertz CT molecular complexity index is 399. The van der Waals surface area contributed by atoms with Crippen molar-refractivity contribution in [1.82, 2.24) is 14.7 Å². The lowest BCUT2D eigenvalue weighted by Crippen LogP contribution is -2.51. The van der Waals surface area contributed by atoms with Crippen molar-refractivity contribution in [2.45, 2.75) is 13.5 Å². The smallest absolute Gasteiger partial charge is 0.320 e. The Balaban J connectivity index is 1.86. The molecule has 104 valence electrons. The Hall–Kier alpha value is -1.55. The third-order valence-corrected chi connectivity index (χ3v) is 3.68. The van der Waals surface area contributed by atoms with Gasteiger partial charge in [-0.1, -0.05) is 37.3 Å². The molecule has 0 atom stereocenters. The molecule has 0 radical (unpaired) electrons. The summed E-state index contributed by atoms with van der Waals surface area (Å²) in [4.78, 5) is 18.5. The summed E-state index contributed by atoms with van der Waals surface area (Å²) in [6.07, 6.45) is 0. The van der Waals surface area contributed by atoms with E-state index in [1.165, 1.54) is 5.56 Å². The molecule has 0 bridgehead atoms. The van der Waals surface area contributed by atoms with E-state index in [9.17, 15) is 4.79 Å². The molecule has 1 saturated heterocycles. The minimum absolute atomic E-state index is 0.139. The van der Waals surface area contributed by atoms with Crippen molar-refractivity contribution in [2.75, 3.05) is 39.8 Å². The first-order valence-electron chi connectivity index (χ1n) is 6.97. The summed E-state index contributed by atoms with van der Waals surface area (Å²) in [5.74, 6) is 0. The molecule has 19 heavy (non-hydrogen) atoms. The molecular weight excluding hydrogens is 238 g/mol. The zero-order chi connectivity index (χ0) is 13.7. The number of rotatable bonds is 3. The van der Waals surface area contributed by atoms with Gasteiger partial charge in [-0.15, -0.1) is 0 Å². The molecule has 1 aromatic carbocycles. The van der Waals surface area contributed by atoms with E-state index < -0.39 is 0 Å². The van der Waals surface area contributed by atoms with Crippen molar-refractivity contribution in [2.24, 2.45) is 0 Å². The SMILES string of the molecule is CCN1CCN(C(=O)N(C)Cc2ccccc2)CC1. The van der Waals surface area contributed by atoms with Crippen LogP contribution < -0.4 is 0 Å². The van der Waals surface area contributed by atoms with E-state index in [1.807, 2.05) is 30.1 Å². The number of nitrogens with zero attached hydrogens (tertiary/aromatic N) is 3. The van der Waals surface area contributed by atoms with Crippen LogP contribution in [0.15, 0.2) is 30.3 Å². The molecule has 1 aromatic rings. The van der Waals surface area contributed by atoms with Gasteiger partial charge in [-0.2, -0.15) is 0 Å². The first kappa shape index (κ1) is 13.9. The zero-order valence-corrected chi connectivity index (χ0v) is 11.9. The summed E-state index contributed by atoms with van der Waals surface area (Å²) in [6, 6.07) is 10.3. The van der Waals surface area contributed by atoms with E-state index in [-0.39, 0.29) is 6.03 Å². The van der Waals surface area contributed by atoms with Gasteiger partial charge in [0, 0.05) is 39.8 Å². The van der Waals surface area contributed by atoms with E-state index >= 15 is 0 Å². The van der Waals surface area contributed by atoms with Crippen LogP contribution in [0, 0.1) is 0 Å². The molecule has 0 saturated carbocycles. The van der Waals surface area contributed by atoms with Crippen molar-refractivity contribution < 1.29 is 4.79 Å². The number of amides is 2. The Labute approximate surface area is 115 Å². The second kappa shape index (κ2) is 6.57. The van der Waals surface area contributed by atoms with Gasteiger partial charge in [0.1, 0.15) is 0 Å². The maximum absolute atomic E-state index is 12.3. The van der Waals surface area contributed by atoms with Crippen LogP contribution in [-0.2, 0) is 6.54 Å². The third-order valence-electron chi connectivity index (χ3n) is 3.68. The molecule has 0 aromatic heterocycles. The fourth-order valence-corrected chi connectivity index (χ4v) is 2.42. The largest absolute Gasteiger partial charge is 0.323 e. The quantitative estimate of drug-likeness (QED) is 0.830. The highest BCUT2D eigenvalue weighted by molar-refractivity contribution is 5.74.